The molecule has 0 bridgehead atoms. The van der Waals surface area contributed by atoms with Crippen LogP contribution in [0.3, 0.4) is 0 Å². The Balaban J connectivity index is 3.16. The normalized spacial score (nSPS) is 12.8. The number of rotatable bonds is 3. The summed E-state index contributed by atoms with van der Waals surface area (Å²) < 4.78 is 5.78. The first-order valence-corrected chi connectivity index (χ1v) is 4.38. The third-order valence-electron chi connectivity index (χ3n) is 0.835. The number of halogens is 1. The van der Waals surface area contributed by atoms with Gasteiger partial charge < -0.3 is 4.74 Å². The first kappa shape index (κ1) is 9.20. The van der Waals surface area contributed by atoms with Crippen LogP contribution in [0.4, 0.5) is 0 Å². The molecule has 3 heteroatoms. The predicted octanol–water partition coefficient (Wildman–Crippen LogP) is 1.62. The molecule has 0 amide bonds. The van der Waals surface area contributed by atoms with E-state index in [1.165, 1.54) is 6.92 Å². The van der Waals surface area contributed by atoms with E-state index in [9.17, 15) is 4.79 Å². The zero-order valence-corrected chi connectivity index (χ0v) is 7.84. The minimum atomic E-state index is -0.188. The minimum absolute atomic E-state index is 0.188. The van der Waals surface area contributed by atoms with Crippen molar-refractivity contribution in [3.63, 3.8) is 0 Å². The van der Waals surface area contributed by atoms with Crippen LogP contribution in [-0.2, 0) is 9.53 Å². The lowest BCUT2D eigenvalue weighted by molar-refractivity contribution is -0.141. The van der Waals surface area contributed by atoms with E-state index >= 15 is 0 Å². The average Bonchev–Trinajstić information content (AvgIpc) is 1.83. The van der Waals surface area contributed by atoms with Gasteiger partial charge >= 0.3 is 5.97 Å². The van der Waals surface area contributed by atoms with Gasteiger partial charge in [-0.05, 0) is 5.92 Å². The van der Waals surface area contributed by atoms with Crippen molar-refractivity contribution in [3.05, 3.63) is 0 Å². The van der Waals surface area contributed by atoms with Crippen molar-refractivity contribution >= 4 is 28.6 Å². The molecule has 0 rings (SSSR count). The van der Waals surface area contributed by atoms with Gasteiger partial charge in [0.25, 0.3) is 0 Å². The average molecular weight is 242 g/mol. The highest BCUT2D eigenvalue weighted by molar-refractivity contribution is 14.1. The molecule has 0 fully saturated rings. The Morgan fingerprint density at radius 2 is 2.33 bits per heavy atom. The van der Waals surface area contributed by atoms with Crippen LogP contribution in [0.1, 0.15) is 13.8 Å². The van der Waals surface area contributed by atoms with E-state index in [4.69, 9.17) is 4.74 Å². The lowest BCUT2D eigenvalue weighted by atomic mass is 10.2. The van der Waals surface area contributed by atoms with E-state index < -0.39 is 0 Å². The van der Waals surface area contributed by atoms with Crippen LogP contribution >= 0.6 is 22.6 Å². The molecule has 0 aliphatic carbocycles. The van der Waals surface area contributed by atoms with E-state index in [0.717, 1.165) is 4.43 Å². The van der Waals surface area contributed by atoms with Crippen molar-refractivity contribution in [1.82, 2.24) is 0 Å². The molecule has 9 heavy (non-hydrogen) atoms. The van der Waals surface area contributed by atoms with Crippen molar-refractivity contribution in [1.29, 1.82) is 0 Å². The molecule has 54 valence electrons. The van der Waals surface area contributed by atoms with E-state index in [0.29, 0.717) is 12.5 Å². The Morgan fingerprint density at radius 3 is 2.67 bits per heavy atom. The number of hydrogen-bond acceptors (Lipinski definition) is 2. The SMILES string of the molecule is CC(=O)OC[C@@H](C)CI. The van der Waals surface area contributed by atoms with Crippen molar-refractivity contribution in [2.75, 3.05) is 11.0 Å². The molecule has 0 aromatic rings. The summed E-state index contributed by atoms with van der Waals surface area (Å²) >= 11 is 2.27. The van der Waals surface area contributed by atoms with Crippen LogP contribution < -0.4 is 0 Å². The molecule has 0 unspecified atom stereocenters. The van der Waals surface area contributed by atoms with Gasteiger partial charge in [0, 0.05) is 11.4 Å². The monoisotopic (exact) mass is 242 g/mol. The van der Waals surface area contributed by atoms with Crippen LogP contribution in [0.15, 0.2) is 0 Å². The first-order valence-electron chi connectivity index (χ1n) is 2.86. The molecule has 0 saturated carbocycles. The fourth-order valence-corrected chi connectivity index (χ4v) is 0.558. The number of esters is 1. The maximum absolute atomic E-state index is 10.2. The summed E-state index contributed by atoms with van der Waals surface area (Å²) in [5.74, 6) is 0.293. The Morgan fingerprint density at radius 1 is 1.78 bits per heavy atom. The molecule has 0 aromatic carbocycles. The summed E-state index contributed by atoms with van der Waals surface area (Å²) in [5, 5.41) is 0. The number of alkyl halides is 1. The molecule has 0 aromatic heterocycles. The van der Waals surface area contributed by atoms with Crippen LogP contribution in [0.5, 0.6) is 0 Å². The molecule has 0 aliphatic rings. The Labute approximate surface area is 69.1 Å². The fraction of sp³-hybridized carbons (Fsp3) is 0.833. The van der Waals surface area contributed by atoms with E-state index in [1.54, 1.807) is 0 Å². The summed E-state index contributed by atoms with van der Waals surface area (Å²) in [7, 11) is 0. The van der Waals surface area contributed by atoms with Gasteiger partial charge in [0.1, 0.15) is 0 Å². The van der Waals surface area contributed by atoms with Gasteiger partial charge in [-0.3, -0.25) is 4.79 Å². The topological polar surface area (TPSA) is 26.3 Å². The number of carbonyl (C=O) groups excluding carboxylic acids is 1. The van der Waals surface area contributed by atoms with E-state index in [-0.39, 0.29) is 5.97 Å². The summed E-state index contributed by atoms with van der Waals surface area (Å²) in [5.41, 5.74) is 0. The third-order valence-corrected chi connectivity index (χ3v) is 2.34. The van der Waals surface area contributed by atoms with Crippen LogP contribution in [-0.4, -0.2) is 17.0 Å². The molecule has 0 aliphatic heterocycles. The largest absolute Gasteiger partial charge is 0.466 e. The number of hydrogen-bond donors (Lipinski definition) is 0. The standard InChI is InChI=1S/C6H11IO2/c1-5(3-7)4-9-6(2)8/h5H,3-4H2,1-2H3/t5-/m0/s1. The molecule has 0 radical (unpaired) electrons. The highest BCUT2D eigenvalue weighted by Crippen LogP contribution is 2.00. The zero-order chi connectivity index (χ0) is 7.28. The van der Waals surface area contributed by atoms with Crippen molar-refractivity contribution < 1.29 is 9.53 Å². The molecular weight excluding hydrogens is 231 g/mol. The number of carbonyl (C=O) groups is 1. The summed E-state index contributed by atoms with van der Waals surface area (Å²) in [6.07, 6.45) is 0. The Hall–Kier alpha value is 0.200. The molecule has 1 atom stereocenters. The fourth-order valence-electron chi connectivity index (χ4n) is 0.304. The second-order valence-corrected chi connectivity index (χ2v) is 2.94. The second kappa shape index (κ2) is 5.02. The lowest BCUT2D eigenvalue weighted by Crippen LogP contribution is -2.09. The summed E-state index contributed by atoms with van der Waals surface area (Å²) in [6.45, 7) is 4.04. The minimum Gasteiger partial charge on any atom is -0.466 e. The first-order chi connectivity index (χ1) is 4.16. The number of ether oxygens (including phenoxy) is 1. The van der Waals surface area contributed by atoms with E-state index in [2.05, 4.69) is 29.5 Å². The maximum Gasteiger partial charge on any atom is 0.302 e. The van der Waals surface area contributed by atoms with Gasteiger partial charge in [-0.1, -0.05) is 29.5 Å². The van der Waals surface area contributed by atoms with Gasteiger partial charge in [0.2, 0.25) is 0 Å². The maximum atomic E-state index is 10.2. The van der Waals surface area contributed by atoms with Gasteiger partial charge in [0.05, 0.1) is 6.61 Å². The molecule has 0 saturated heterocycles. The van der Waals surface area contributed by atoms with Gasteiger partial charge in [-0.25, -0.2) is 0 Å². The van der Waals surface area contributed by atoms with Gasteiger partial charge in [-0.2, -0.15) is 0 Å². The summed E-state index contributed by atoms with van der Waals surface area (Å²) in [4.78, 5) is 10.2. The van der Waals surface area contributed by atoms with Gasteiger partial charge in [-0.15, -0.1) is 0 Å². The van der Waals surface area contributed by atoms with Crippen LogP contribution in [0, 0.1) is 5.92 Å². The van der Waals surface area contributed by atoms with Crippen molar-refractivity contribution in [2.24, 2.45) is 5.92 Å². The lowest BCUT2D eigenvalue weighted by Gasteiger charge is -2.05. The van der Waals surface area contributed by atoms with Crippen LogP contribution in [0.2, 0.25) is 0 Å². The zero-order valence-electron chi connectivity index (χ0n) is 5.69. The quantitative estimate of drug-likeness (QED) is 0.427. The van der Waals surface area contributed by atoms with E-state index in [1.807, 2.05) is 0 Å². The van der Waals surface area contributed by atoms with Crippen molar-refractivity contribution in [2.45, 2.75) is 13.8 Å². The van der Waals surface area contributed by atoms with Gasteiger partial charge in [0.15, 0.2) is 0 Å². The molecule has 2 nitrogen and oxygen atoms in total. The molecule has 0 N–H and O–H groups in total. The second-order valence-electron chi connectivity index (χ2n) is 2.06. The molecule has 0 spiro atoms. The van der Waals surface area contributed by atoms with Crippen molar-refractivity contribution in [3.8, 4) is 0 Å². The summed E-state index contributed by atoms with van der Waals surface area (Å²) in [6, 6.07) is 0. The third kappa shape index (κ3) is 6.08. The highest BCUT2D eigenvalue weighted by Gasteiger charge is 2.00. The Kier molecular flexibility index (Phi) is 5.13. The van der Waals surface area contributed by atoms with Crippen LogP contribution in [0.25, 0.3) is 0 Å². The molecule has 0 heterocycles. The predicted molar refractivity (Wildman–Crippen MR) is 44.7 cm³/mol. The highest BCUT2D eigenvalue weighted by atomic mass is 127. The molecular formula is C6H11IO2. The Bertz CT molecular complexity index is 93.1. The smallest absolute Gasteiger partial charge is 0.302 e.